The van der Waals surface area contributed by atoms with Crippen molar-refractivity contribution in [3.63, 3.8) is 0 Å². The molecule has 0 fully saturated rings. The van der Waals surface area contributed by atoms with Gasteiger partial charge in [-0.1, -0.05) is 11.6 Å². The summed E-state index contributed by atoms with van der Waals surface area (Å²) in [7, 11) is 1.79. The van der Waals surface area contributed by atoms with Crippen LogP contribution in [-0.4, -0.2) is 19.8 Å². The number of hydroxylamine groups is 1. The van der Waals surface area contributed by atoms with Gasteiger partial charge in [0.2, 0.25) is 0 Å². The van der Waals surface area contributed by atoms with E-state index in [9.17, 15) is 5.21 Å². The van der Waals surface area contributed by atoms with Gasteiger partial charge in [0.25, 0.3) is 0 Å². The number of nitrogens with two attached hydrogens (primary N) is 1. The van der Waals surface area contributed by atoms with Gasteiger partial charge < -0.3 is 16.3 Å². The third-order valence-electron chi connectivity index (χ3n) is 1.86. The van der Waals surface area contributed by atoms with Crippen molar-refractivity contribution < 1.29 is 5.17 Å². The SMILES string of the molecule is CNCNN[NH+]([O-])C1=CCC(N)C=C1. The minimum atomic E-state index is -0.136. The van der Waals surface area contributed by atoms with Crippen LogP contribution >= 0.6 is 0 Å². The van der Waals surface area contributed by atoms with Gasteiger partial charge in [-0.15, -0.1) is 0 Å². The second kappa shape index (κ2) is 5.86. The van der Waals surface area contributed by atoms with Crippen molar-refractivity contribution in [2.75, 3.05) is 13.7 Å². The lowest BCUT2D eigenvalue weighted by molar-refractivity contribution is -0.860. The molecule has 0 saturated carbocycles. The summed E-state index contributed by atoms with van der Waals surface area (Å²) in [5.74, 6) is 0. The fourth-order valence-corrected chi connectivity index (χ4v) is 1.09. The van der Waals surface area contributed by atoms with Crippen LogP contribution in [0.3, 0.4) is 0 Å². The molecular weight excluding hydrogens is 182 g/mol. The number of hydrazine groups is 1. The molecule has 80 valence electrons. The zero-order chi connectivity index (χ0) is 10.4. The van der Waals surface area contributed by atoms with Crippen LogP contribution in [0.5, 0.6) is 0 Å². The van der Waals surface area contributed by atoms with E-state index in [1.165, 1.54) is 0 Å². The van der Waals surface area contributed by atoms with Gasteiger partial charge in [-0.25, -0.2) is 5.17 Å². The number of hydrogen-bond acceptors (Lipinski definition) is 5. The van der Waals surface area contributed by atoms with E-state index in [1.54, 1.807) is 13.1 Å². The topological polar surface area (TPSA) is 89.6 Å². The Labute approximate surface area is 83.3 Å². The van der Waals surface area contributed by atoms with E-state index in [1.807, 2.05) is 12.2 Å². The molecule has 0 spiro atoms. The maximum absolute atomic E-state index is 11.4. The standard InChI is InChI=1S/C8H17N5O/c1-10-6-11-12-13(14)8-4-2-7(9)3-5-8/h2,4-5,7,10-13H,3,6,9H2,1H3. The van der Waals surface area contributed by atoms with Crippen molar-refractivity contribution in [1.29, 1.82) is 0 Å². The average Bonchev–Trinajstić information content (AvgIpc) is 2.19. The molecule has 1 aliphatic carbocycles. The number of quaternary nitrogens is 1. The van der Waals surface area contributed by atoms with Gasteiger partial charge in [0.1, 0.15) is 5.70 Å². The summed E-state index contributed by atoms with van der Waals surface area (Å²) < 4.78 is 0. The summed E-state index contributed by atoms with van der Waals surface area (Å²) in [6.45, 7) is 0.530. The monoisotopic (exact) mass is 199 g/mol. The molecular formula is C8H17N5O. The lowest BCUT2D eigenvalue weighted by Gasteiger charge is -2.24. The van der Waals surface area contributed by atoms with E-state index in [0.717, 1.165) is 0 Å². The van der Waals surface area contributed by atoms with Crippen molar-refractivity contribution in [3.05, 3.63) is 29.1 Å². The lowest BCUT2D eigenvalue weighted by Crippen LogP contribution is -3.14. The average molecular weight is 199 g/mol. The lowest BCUT2D eigenvalue weighted by atomic mass is 10.1. The molecule has 0 bridgehead atoms. The molecule has 2 atom stereocenters. The van der Waals surface area contributed by atoms with Gasteiger partial charge in [0, 0.05) is 6.04 Å². The molecule has 0 aromatic carbocycles. The summed E-state index contributed by atoms with van der Waals surface area (Å²) in [4.78, 5) is 0. The maximum atomic E-state index is 11.4. The van der Waals surface area contributed by atoms with Crippen LogP contribution in [-0.2, 0) is 0 Å². The third kappa shape index (κ3) is 3.54. The van der Waals surface area contributed by atoms with Gasteiger partial charge in [-0.05, 0) is 25.6 Å². The zero-order valence-corrected chi connectivity index (χ0v) is 8.21. The number of rotatable bonds is 5. The molecule has 6 nitrogen and oxygen atoms in total. The molecule has 0 heterocycles. The van der Waals surface area contributed by atoms with Crippen LogP contribution < -0.4 is 27.2 Å². The molecule has 1 aliphatic rings. The van der Waals surface area contributed by atoms with Crippen LogP contribution in [0.25, 0.3) is 0 Å². The van der Waals surface area contributed by atoms with E-state index in [2.05, 4.69) is 16.3 Å². The highest BCUT2D eigenvalue weighted by Gasteiger charge is 2.08. The molecule has 0 amide bonds. The first-order valence-electron chi connectivity index (χ1n) is 4.56. The fourth-order valence-electron chi connectivity index (χ4n) is 1.09. The summed E-state index contributed by atoms with van der Waals surface area (Å²) in [5.41, 5.74) is 11.6. The van der Waals surface area contributed by atoms with Crippen LogP contribution in [0, 0.1) is 5.21 Å². The fraction of sp³-hybridized carbons (Fsp3) is 0.500. The van der Waals surface area contributed by atoms with Gasteiger partial charge in [-0.2, -0.15) is 5.43 Å². The van der Waals surface area contributed by atoms with E-state index >= 15 is 0 Å². The first-order chi connectivity index (χ1) is 6.74. The van der Waals surface area contributed by atoms with Crippen molar-refractivity contribution >= 4 is 0 Å². The Bertz CT molecular complexity index is 228. The molecule has 0 radical (unpaired) electrons. The first-order valence-corrected chi connectivity index (χ1v) is 4.56. The molecule has 14 heavy (non-hydrogen) atoms. The van der Waals surface area contributed by atoms with Crippen molar-refractivity contribution in [1.82, 2.24) is 16.3 Å². The number of nitrogens with one attached hydrogen (secondary N) is 4. The predicted molar refractivity (Wildman–Crippen MR) is 54.3 cm³/mol. The highest BCUT2D eigenvalue weighted by molar-refractivity contribution is 5.18. The molecule has 0 saturated heterocycles. The Balaban J connectivity index is 2.30. The van der Waals surface area contributed by atoms with E-state index in [0.29, 0.717) is 18.8 Å². The van der Waals surface area contributed by atoms with Gasteiger partial charge in [0.05, 0.1) is 6.67 Å². The Kier molecular flexibility index (Phi) is 4.74. The minimum absolute atomic E-state index is 0.0387. The van der Waals surface area contributed by atoms with E-state index in [-0.39, 0.29) is 11.2 Å². The highest BCUT2D eigenvalue weighted by atomic mass is 16.5. The maximum Gasteiger partial charge on any atom is 0.147 e. The largest absolute Gasteiger partial charge is 0.607 e. The molecule has 1 rings (SSSR count). The Morgan fingerprint density at radius 3 is 3.07 bits per heavy atom. The number of hydrogen-bond donors (Lipinski definition) is 5. The molecule has 0 aromatic rings. The molecule has 0 aliphatic heterocycles. The zero-order valence-electron chi connectivity index (χ0n) is 8.21. The Hall–Kier alpha value is -0.760. The van der Waals surface area contributed by atoms with Crippen molar-refractivity contribution in [2.24, 2.45) is 5.73 Å². The molecule has 2 unspecified atom stereocenters. The Morgan fingerprint density at radius 1 is 1.71 bits per heavy atom. The summed E-state index contributed by atoms with van der Waals surface area (Å²) in [6, 6.07) is 0.0387. The summed E-state index contributed by atoms with van der Waals surface area (Å²) >= 11 is 0. The normalized spacial score (nSPS) is 23.4. The van der Waals surface area contributed by atoms with Crippen LogP contribution in [0.1, 0.15) is 6.42 Å². The van der Waals surface area contributed by atoms with Gasteiger partial charge in [0.15, 0.2) is 0 Å². The number of allylic oxidation sites excluding steroid dienone is 1. The molecule has 6 heteroatoms. The van der Waals surface area contributed by atoms with Crippen molar-refractivity contribution in [2.45, 2.75) is 12.5 Å². The minimum Gasteiger partial charge on any atom is -0.607 e. The van der Waals surface area contributed by atoms with E-state index in [4.69, 9.17) is 5.73 Å². The smallest absolute Gasteiger partial charge is 0.147 e. The first kappa shape index (κ1) is 11.3. The van der Waals surface area contributed by atoms with Crippen LogP contribution in [0.4, 0.5) is 0 Å². The third-order valence-corrected chi connectivity index (χ3v) is 1.86. The van der Waals surface area contributed by atoms with Gasteiger partial charge >= 0.3 is 0 Å². The van der Waals surface area contributed by atoms with Crippen molar-refractivity contribution in [3.8, 4) is 0 Å². The van der Waals surface area contributed by atoms with Crippen LogP contribution in [0.15, 0.2) is 23.9 Å². The summed E-state index contributed by atoms with van der Waals surface area (Å²) in [5, 5.41) is 14.1. The quantitative estimate of drug-likeness (QED) is 0.196. The Morgan fingerprint density at radius 2 is 2.50 bits per heavy atom. The van der Waals surface area contributed by atoms with Crippen LogP contribution in [0.2, 0.25) is 0 Å². The predicted octanol–water partition coefficient (Wildman–Crippen LogP) is -2.27. The second-order valence-electron chi connectivity index (χ2n) is 3.08. The van der Waals surface area contributed by atoms with Gasteiger partial charge in [-0.3, -0.25) is 0 Å². The summed E-state index contributed by atoms with van der Waals surface area (Å²) in [6.07, 6.45) is 6.11. The molecule has 0 aromatic heterocycles. The van der Waals surface area contributed by atoms with E-state index < -0.39 is 0 Å². The second-order valence-corrected chi connectivity index (χ2v) is 3.08. The highest BCUT2D eigenvalue weighted by Crippen LogP contribution is 2.02. The molecule has 6 N–H and O–H groups in total.